The number of pyridine rings is 2. The maximum absolute atomic E-state index is 14.4. The Morgan fingerprint density at radius 3 is 2.76 bits per heavy atom. The zero-order valence-corrected chi connectivity index (χ0v) is 11.4. The first-order valence-corrected chi connectivity index (χ1v) is 6.60. The van der Waals surface area contributed by atoms with Gasteiger partial charge in [-0.2, -0.15) is 0 Å². The molecule has 0 bridgehead atoms. The zero-order valence-electron chi connectivity index (χ0n) is 11.4. The number of aromatic nitrogens is 2. The number of nitrogens with zero attached hydrogens (tertiary/aromatic N) is 2. The van der Waals surface area contributed by atoms with Crippen molar-refractivity contribution in [2.24, 2.45) is 0 Å². The number of hydrogen-bond donors (Lipinski definition) is 1. The number of benzene rings is 1. The van der Waals surface area contributed by atoms with E-state index in [1.165, 1.54) is 0 Å². The van der Waals surface area contributed by atoms with Crippen LogP contribution in [-0.2, 0) is 6.42 Å². The van der Waals surface area contributed by atoms with E-state index < -0.39 is 11.6 Å². The third-order valence-corrected chi connectivity index (χ3v) is 3.39. The molecule has 0 aliphatic carbocycles. The van der Waals surface area contributed by atoms with E-state index in [9.17, 15) is 8.78 Å². The molecular weight excluding hydrogens is 272 g/mol. The maximum atomic E-state index is 14.4. The van der Waals surface area contributed by atoms with Crippen LogP contribution in [0, 0.1) is 11.6 Å². The van der Waals surface area contributed by atoms with Crippen LogP contribution in [0.4, 0.5) is 14.6 Å². The summed E-state index contributed by atoms with van der Waals surface area (Å²) in [6, 6.07) is 7.77. The van der Waals surface area contributed by atoms with Crippen LogP contribution >= 0.6 is 0 Å². The molecule has 1 aromatic carbocycles. The van der Waals surface area contributed by atoms with Gasteiger partial charge in [0.2, 0.25) is 0 Å². The van der Waals surface area contributed by atoms with Crippen LogP contribution < -0.4 is 5.73 Å². The van der Waals surface area contributed by atoms with E-state index in [1.54, 1.807) is 30.5 Å². The van der Waals surface area contributed by atoms with E-state index in [0.29, 0.717) is 34.4 Å². The number of nitrogen functional groups attached to an aromatic ring is 1. The average Bonchev–Trinajstić information content (AvgIpc) is 2.49. The predicted molar refractivity (Wildman–Crippen MR) is 78.7 cm³/mol. The first-order chi connectivity index (χ1) is 10.1. The lowest BCUT2D eigenvalue weighted by Gasteiger charge is -2.12. The highest BCUT2D eigenvalue weighted by Gasteiger charge is 2.19. The number of aryl methyl sites for hydroxylation is 1. The summed E-state index contributed by atoms with van der Waals surface area (Å²) in [5, 5.41) is 0.547. The molecule has 3 nitrogen and oxygen atoms in total. The maximum Gasteiger partial charge on any atom is 0.168 e. The van der Waals surface area contributed by atoms with E-state index in [2.05, 4.69) is 9.97 Å². The summed E-state index contributed by atoms with van der Waals surface area (Å²) in [6.45, 7) is 1.89. The number of nitrogens with two attached hydrogens (primary N) is 1. The topological polar surface area (TPSA) is 51.8 Å². The van der Waals surface area contributed by atoms with Crippen molar-refractivity contribution in [3.05, 3.63) is 53.9 Å². The fraction of sp³-hybridized carbons (Fsp3) is 0.125. The number of anilines is 1. The molecule has 0 spiro atoms. The van der Waals surface area contributed by atoms with Crippen LogP contribution in [0.2, 0.25) is 0 Å². The fourth-order valence-corrected chi connectivity index (χ4v) is 2.43. The molecule has 2 N–H and O–H groups in total. The SMILES string of the molecule is CCc1nc(N)ccc1-c1c(F)c(F)cc2cccnc12. The molecule has 0 saturated heterocycles. The molecule has 106 valence electrons. The molecule has 0 aliphatic heterocycles. The van der Waals surface area contributed by atoms with Gasteiger partial charge in [-0.3, -0.25) is 4.98 Å². The van der Waals surface area contributed by atoms with Crippen LogP contribution in [-0.4, -0.2) is 9.97 Å². The highest BCUT2D eigenvalue weighted by atomic mass is 19.2. The molecule has 2 heterocycles. The van der Waals surface area contributed by atoms with Gasteiger partial charge in [-0.15, -0.1) is 0 Å². The lowest BCUT2D eigenvalue weighted by Crippen LogP contribution is -2.01. The van der Waals surface area contributed by atoms with E-state index in [0.717, 1.165) is 6.07 Å². The van der Waals surface area contributed by atoms with E-state index in [4.69, 9.17) is 5.73 Å². The minimum absolute atomic E-state index is 0.134. The van der Waals surface area contributed by atoms with E-state index in [-0.39, 0.29) is 5.56 Å². The van der Waals surface area contributed by atoms with Crippen LogP contribution in [0.1, 0.15) is 12.6 Å². The molecule has 0 unspecified atom stereocenters. The van der Waals surface area contributed by atoms with Crippen molar-refractivity contribution in [1.82, 2.24) is 9.97 Å². The Kier molecular flexibility index (Phi) is 3.25. The summed E-state index contributed by atoms with van der Waals surface area (Å²) >= 11 is 0. The smallest absolute Gasteiger partial charge is 0.168 e. The molecule has 0 atom stereocenters. The second-order valence-corrected chi connectivity index (χ2v) is 4.71. The van der Waals surface area contributed by atoms with Crippen LogP contribution in [0.3, 0.4) is 0 Å². The molecule has 5 heteroatoms. The Hall–Kier alpha value is -2.56. The molecule has 2 aromatic heterocycles. The highest BCUT2D eigenvalue weighted by Crippen LogP contribution is 2.33. The van der Waals surface area contributed by atoms with Gasteiger partial charge in [-0.25, -0.2) is 13.8 Å². The minimum Gasteiger partial charge on any atom is -0.384 e. The Morgan fingerprint density at radius 2 is 2.00 bits per heavy atom. The van der Waals surface area contributed by atoms with Crippen LogP contribution in [0.25, 0.3) is 22.0 Å². The van der Waals surface area contributed by atoms with Gasteiger partial charge in [-0.05, 0) is 30.7 Å². The van der Waals surface area contributed by atoms with Crippen molar-refractivity contribution >= 4 is 16.7 Å². The Bertz CT molecular complexity index is 831. The Morgan fingerprint density at radius 1 is 1.19 bits per heavy atom. The van der Waals surface area contributed by atoms with Crippen molar-refractivity contribution in [3.63, 3.8) is 0 Å². The third kappa shape index (κ3) is 2.20. The van der Waals surface area contributed by atoms with Gasteiger partial charge in [0, 0.05) is 22.7 Å². The number of rotatable bonds is 2. The van der Waals surface area contributed by atoms with Crippen molar-refractivity contribution in [2.75, 3.05) is 5.73 Å². The van der Waals surface area contributed by atoms with Gasteiger partial charge in [0.15, 0.2) is 11.6 Å². The quantitative estimate of drug-likeness (QED) is 0.780. The highest BCUT2D eigenvalue weighted by molar-refractivity contribution is 5.94. The first kappa shape index (κ1) is 13.4. The van der Waals surface area contributed by atoms with Gasteiger partial charge in [-0.1, -0.05) is 13.0 Å². The summed E-state index contributed by atoms with van der Waals surface area (Å²) < 4.78 is 28.2. The van der Waals surface area contributed by atoms with Crippen molar-refractivity contribution in [2.45, 2.75) is 13.3 Å². The molecule has 0 saturated carbocycles. The zero-order chi connectivity index (χ0) is 15.0. The second kappa shape index (κ2) is 5.09. The summed E-state index contributed by atoms with van der Waals surface area (Å²) in [5.41, 5.74) is 7.35. The van der Waals surface area contributed by atoms with Crippen LogP contribution in [0.15, 0.2) is 36.5 Å². The van der Waals surface area contributed by atoms with Crippen LogP contribution in [0.5, 0.6) is 0 Å². The Labute approximate surface area is 120 Å². The summed E-state index contributed by atoms with van der Waals surface area (Å²) in [6.07, 6.45) is 2.12. The molecule has 0 fully saturated rings. The number of fused-ring (bicyclic) bond motifs is 1. The number of hydrogen-bond acceptors (Lipinski definition) is 3. The van der Waals surface area contributed by atoms with Gasteiger partial charge < -0.3 is 5.73 Å². The van der Waals surface area contributed by atoms with Gasteiger partial charge >= 0.3 is 0 Å². The molecule has 21 heavy (non-hydrogen) atoms. The van der Waals surface area contributed by atoms with Gasteiger partial charge in [0.1, 0.15) is 5.82 Å². The van der Waals surface area contributed by atoms with Crippen molar-refractivity contribution in [3.8, 4) is 11.1 Å². The molecule has 0 amide bonds. The molecule has 0 radical (unpaired) electrons. The minimum atomic E-state index is -0.914. The van der Waals surface area contributed by atoms with E-state index >= 15 is 0 Å². The monoisotopic (exact) mass is 285 g/mol. The van der Waals surface area contributed by atoms with Gasteiger partial charge in [0.25, 0.3) is 0 Å². The summed E-state index contributed by atoms with van der Waals surface area (Å²) in [4.78, 5) is 8.40. The third-order valence-electron chi connectivity index (χ3n) is 3.39. The molecule has 3 rings (SSSR count). The summed E-state index contributed by atoms with van der Waals surface area (Å²) in [7, 11) is 0. The lowest BCUT2D eigenvalue weighted by atomic mass is 9.98. The fourth-order valence-electron chi connectivity index (χ4n) is 2.43. The van der Waals surface area contributed by atoms with Crippen molar-refractivity contribution < 1.29 is 8.78 Å². The lowest BCUT2D eigenvalue weighted by molar-refractivity contribution is 0.513. The average molecular weight is 285 g/mol. The predicted octanol–water partition coefficient (Wildman–Crippen LogP) is 3.72. The molecular formula is C16H13F2N3. The van der Waals surface area contributed by atoms with Crippen molar-refractivity contribution in [1.29, 1.82) is 0 Å². The van der Waals surface area contributed by atoms with Gasteiger partial charge in [0.05, 0.1) is 11.2 Å². The standard InChI is InChI=1S/C16H13F2N3/c1-2-12-10(5-6-13(19)21-12)14-15(18)11(17)8-9-4-3-7-20-16(9)14/h3-8H,2H2,1H3,(H2,19,21). The normalized spacial score (nSPS) is 11.0. The number of halogens is 2. The Balaban J connectivity index is 2.42. The van der Waals surface area contributed by atoms with E-state index in [1.807, 2.05) is 6.92 Å². The molecule has 3 aromatic rings. The largest absolute Gasteiger partial charge is 0.384 e. The molecule has 0 aliphatic rings. The summed E-state index contributed by atoms with van der Waals surface area (Å²) in [5.74, 6) is -1.46. The first-order valence-electron chi connectivity index (χ1n) is 6.60. The second-order valence-electron chi connectivity index (χ2n) is 4.71.